The van der Waals surface area contributed by atoms with E-state index in [1.807, 2.05) is 13.8 Å². The number of rotatable bonds is 5. The topological polar surface area (TPSA) is 90.9 Å². The molecule has 1 saturated carbocycles. The van der Waals surface area contributed by atoms with Crippen molar-refractivity contribution in [2.24, 2.45) is 7.05 Å². The van der Waals surface area contributed by atoms with E-state index in [1.54, 1.807) is 17.8 Å². The number of imidazole rings is 1. The molecule has 2 aromatic heterocycles. The van der Waals surface area contributed by atoms with Gasteiger partial charge in [-0.15, -0.1) is 0 Å². The summed E-state index contributed by atoms with van der Waals surface area (Å²) < 4.78 is 31.6. The predicted octanol–water partition coefficient (Wildman–Crippen LogP) is 1.78. The first kappa shape index (κ1) is 14.2. The smallest absolute Gasteiger partial charge is 0.229 e. The molecule has 2 aromatic rings. The van der Waals surface area contributed by atoms with Gasteiger partial charge in [-0.2, -0.15) is 4.98 Å². The van der Waals surface area contributed by atoms with Crippen LogP contribution in [-0.4, -0.2) is 28.1 Å². The number of hydrogen-bond donors (Lipinski definition) is 0. The molecule has 7 nitrogen and oxygen atoms in total. The van der Waals surface area contributed by atoms with Crippen LogP contribution in [-0.2, 0) is 22.6 Å². The van der Waals surface area contributed by atoms with E-state index in [9.17, 15) is 8.42 Å². The second-order valence-electron chi connectivity index (χ2n) is 5.76. The monoisotopic (exact) mass is 310 g/mol. The molecule has 1 aliphatic rings. The van der Waals surface area contributed by atoms with Crippen molar-refractivity contribution in [3.05, 3.63) is 23.6 Å². The molecule has 3 rings (SSSR count). The van der Waals surface area contributed by atoms with E-state index in [0.29, 0.717) is 11.8 Å². The number of hydrogen-bond acceptors (Lipinski definition) is 6. The Hall–Kier alpha value is -1.70. The van der Waals surface area contributed by atoms with Crippen molar-refractivity contribution < 1.29 is 12.9 Å². The molecule has 21 heavy (non-hydrogen) atoms. The van der Waals surface area contributed by atoms with Crippen LogP contribution in [0.15, 0.2) is 15.9 Å². The molecule has 0 aromatic carbocycles. The maximum atomic E-state index is 12.4. The Morgan fingerprint density at radius 2 is 2.14 bits per heavy atom. The van der Waals surface area contributed by atoms with Gasteiger partial charge in [-0.25, -0.2) is 13.4 Å². The van der Waals surface area contributed by atoms with E-state index in [-0.39, 0.29) is 22.7 Å². The first-order valence-corrected chi connectivity index (χ1v) is 8.60. The van der Waals surface area contributed by atoms with Crippen LogP contribution >= 0.6 is 0 Å². The molecule has 0 atom stereocenters. The summed E-state index contributed by atoms with van der Waals surface area (Å²) in [6.07, 6.45) is 3.67. The lowest BCUT2D eigenvalue weighted by Gasteiger charge is -2.07. The van der Waals surface area contributed by atoms with Gasteiger partial charge in [-0.3, -0.25) is 0 Å². The van der Waals surface area contributed by atoms with Crippen LogP contribution in [0.4, 0.5) is 0 Å². The average molecular weight is 310 g/mol. The zero-order chi connectivity index (χ0) is 15.2. The molecule has 0 saturated heterocycles. The highest BCUT2D eigenvalue weighted by Gasteiger charge is 2.31. The fourth-order valence-corrected chi connectivity index (χ4v) is 3.61. The first-order valence-electron chi connectivity index (χ1n) is 6.95. The molecule has 1 aliphatic carbocycles. The number of nitrogens with zero attached hydrogens (tertiary/aromatic N) is 4. The molecule has 1 fully saturated rings. The van der Waals surface area contributed by atoms with Gasteiger partial charge in [0.05, 0.1) is 0 Å². The Bertz CT molecular complexity index is 756. The highest BCUT2D eigenvalue weighted by molar-refractivity contribution is 7.90. The van der Waals surface area contributed by atoms with E-state index in [1.165, 1.54) is 0 Å². The van der Waals surface area contributed by atoms with Crippen LogP contribution in [0.25, 0.3) is 0 Å². The van der Waals surface area contributed by atoms with Gasteiger partial charge in [0, 0.05) is 24.9 Å². The van der Waals surface area contributed by atoms with E-state index in [4.69, 9.17) is 4.52 Å². The third-order valence-corrected chi connectivity index (χ3v) is 5.15. The summed E-state index contributed by atoms with van der Waals surface area (Å²) in [4.78, 5) is 8.21. The molecule has 0 spiro atoms. The molecule has 8 heteroatoms. The molecule has 0 bridgehead atoms. The van der Waals surface area contributed by atoms with Gasteiger partial charge in [0.15, 0.2) is 5.82 Å². The van der Waals surface area contributed by atoms with Gasteiger partial charge in [-0.1, -0.05) is 19.0 Å². The van der Waals surface area contributed by atoms with E-state index < -0.39 is 9.84 Å². The van der Waals surface area contributed by atoms with Crippen molar-refractivity contribution in [2.75, 3.05) is 0 Å². The van der Waals surface area contributed by atoms with Crippen LogP contribution in [0.1, 0.15) is 55.9 Å². The molecule has 0 unspecified atom stereocenters. The maximum Gasteiger partial charge on any atom is 0.229 e. The summed E-state index contributed by atoms with van der Waals surface area (Å²) in [6.45, 7) is 3.99. The number of aromatic nitrogens is 4. The van der Waals surface area contributed by atoms with Crippen LogP contribution in [0.2, 0.25) is 0 Å². The molecule has 0 aliphatic heterocycles. The Kier molecular flexibility index (Phi) is 3.35. The Labute approximate surface area is 123 Å². The molecule has 114 valence electrons. The van der Waals surface area contributed by atoms with Gasteiger partial charge in [0.2, 0.25) is 20.9 Å². The lowest BCUT2D eigenvalue weighted by molar-refractivity contribution is 0.375. The van der Waals surface area contributed by atoms with Gasteiger partial charge in [-0.05, 0) is 18.8 Å². The normalized spacial score (nSPS) is 15.8. The van der Waals surface area contributed by atoms with Crippen molar-refractivity contribution in [1.82, 2.24) is 19.7 Å². The van der Waals surface area contributed by atoms with Gasteiger partial charge >= 0.3 is 0 Å². The second kappa shape index (κ2) is 4.94. The largest absolute Gasteiger partial charge is 0.339 e. The lowest BCUT2D eigenvalue weighted by Crippen LogP contribution is -2.13. The highest BCUT2D eigenvalue weighted by atomic mass is 32.2. The van der Waals surface area contributed by atoms with Crippen LogP contribution in [0.3, 0.4) is 0 Å². The fourth-order valence-electron chi connectivity index (χ4n) is 2.29. The Morgan fingerprint density at radius 1 is 1.43 bits per heavy atom. The minimum Gasteiger partial charge on any atom is -0.339 e. The average Bonchev–Trinajstić information content (AvgIpc) is 3.01. The van der Waals surface area contributed by atoms with Crippen molar-refractivity contribution >= 4 is 9.84 Å². The quantitative estimate of drug-likeness (QED) is 0.836. The van der Waals surface area contributed by atoms with Crippen molar-refractivity contribution in [3.8, 4) is 0 Å². The van der Waals surface area contributed by atoms with Crippen molar-refractivity contribution in [1.29, 1.82) is 0 Å². The van der Waals surface area contributed by atoms with Crippen molar-refractivity contribution in [2.45, 2.75) is 49.4 Å². The third kappa shape index (κ3) is 2.72. The van der Waals surface area contributed by atoms with Crippen LogP contribution in [0.5, 0.6) is 0 Å². The van der Waals surface area contributed by atoms with E-state index in [2.05, 4.69) is 15.1 Å². The number of sulfone groups is 1. The summed E-state index contributed by atoms with van der Waals surface area (Å²) in [5, 5.41) is 3.80. The third-order valence-electron chi connectivity index (χ3n) is 3.58. The van der Waals surface area contributed by atoms with Crippen LogP contribution < -0.4 is 0 Å². The standard InChI is InChI=1S/C13H18N4O3S/c1-8(2)10-6-14-13(17(10)3)21(18,19)7-11-15-12(20-16-11)9-4-5-9/h6,8-9H,4-5,7H2,1-3H3. The predicted molar refractivity (Wildman–Crippen MR) is 74.5 cm³/mol. The van der Waals surface area contributed by atoms with Gasteiger partial charge in [0.1, 0.15) is 5.75 Å². The Balaban J connectivity index is 1.85. The van der Waals surface area contributed by atoms with Crippen molar-refractivity contribution in [3.63, 3.8) is 0 Å². The van der Waals surface area contributed by atoms with Gasteiger partial charge in [0.25, 0.3) is 0 Å². The summed E-state index contributed by atoms with van der Waals surface area (Å²) in [7, 11) is -1.87. The SMILES string of the molecule is CC(C)c1cnc(S(=O)(=O)Cc2noc(C3CC3)n2)n1C. The van der Waals surface area contributed by atoms with Gasteiger partial charge < -0.3 is 9.09 Å². The Morgan fingerprint density at radius 3 is 2.71 bits per heavy atom. The minimum atomic E-state index is -3.58. The molecular formula is C13H18N4O3S. The second-order valence-corrected chi connectivity index (χ2v) is 7.64. The highest BCUT2D eigenvalue weighted by Crippen LogP contribution is 2.38. The molecule has 0 amide bonds. The summed E-state index contributed by atoms with van der Waals surface area (Å²) in [5.41, 5.74) is 0.875. The molecular weight excluding hydrogens is 292 g/mol. The zero-order valence-electron chi connectivity index (χ0n) is 12.3. The van der Waals surface area contributed by atoms with E-state index >= 15 is 0 Å². The maximum absolute atomic E-state index is 12.4. The fraction of sp³-hybridized carbons (Fsp3) is 0.615. The van der Waals surface area contributed by atoms with E-state index in [0.717, 1.165) is 18.5 Å². The summed E-state index contributed by atoms with van der Waals surface area (Å²) in [5.74, 6) is 0.979. The molecule has 0 radical (unpaired) electrons. The first-order chi connectivity index (χ1) is 9.88. The summed E-state index contributed by atoms with van der Waals surface area (Å²) >= 11 is 0. The minimum absolute atomic E-state index is 0.0453. The molecule has 2 heterocycles. The van der Waals surface area contributed by atoms with Crippen LogP contribution in [0, 0.1) is 0 Å². The molecule has 0 N–H and O–H groups in total. The summed E-state index contributed by atoms with van der Waals surface area (Å²) in [6, 6.07) is 0. The zero-order valence-corrected chi connectivity index (χ0v) is 13.1. The lowest BCUT2D eigenvalue weighted by atomic mass is 10.1.